The van der Waals surface area contributed by atoms with Crippen LogP contribution >= 0.6 is 22.9 Å². The lowest BCUT2D eigenvalue weighted by atomic mass is 10.1. The number of amides is 2. The number of hydrogen-bond donors (Lipinski definition) is 0. The first-order valence-corrected chi connectivity index (χ1v) is 10.8. The van der Waals surface area contributed by atoms with Crippen molar-refractivity contribution in [2.45, 2.75) is 32.9 Å². The van der Waals surface area contributed by atoms with E-state index in [2.05, 4.69) is 15.9 Å². The van der Waals surface area contributed by atoms with Crippen LogP contribution in [0.5, 0.6) is 0 Å². The highest BCUT2D eigenvalue weighted by molar-refractivity contribution is 7.16. The second-order valence-corrected chi connectivity index (χ2v) is 9.39. The minimum Gasteiger partial charge on any atom is -0.296 e. The number of imide groups is 1. The molecule has 148 valence electrons. The summed E-state index contributed by atoms with van der Waals surface area (Å²) in [6.07, 6.45) is 0.271. The SMILES string of the molecule is Cc1ccc(N2C(=O)CC(N3CCN(Cc4ccc(Cl)s4)CC3)C2=O)c(C)c1. The van der Waals surface area contributed by atoms with Crippen molar-refractivity contribution in [3.05, 3.63) is 50.7 Å². The molecular formula is C21H24ClN3O2S. The molecule has 0 spiro atoms. The second kappa shape index (κ2) is 7.95. The van der Waals surface area contributed by atoms with Crippen LogP contribution in [0.4, 0.5) is 5.69 Å². The van der Waals surface area contributed by atoms with Crippen molar-refractivity contribution in [2.24, 2.45) is 0 Å². The van der Waals surface area contributed by atoms with E-state index in [9.17, 15) is 9.59 Å². The van der Waals surface area contributed by atoms with Crippen molar-refractivity contribution >= 4 is 40.4 Å². The minimum absolute atomic E-state index is 0.0876. The third-order valence-electron chi connectivity index (χ3n) is 5.57. The van der Waals surface area contributed by atoms with Gasteiger partial charge in [0, 0.05) is 37.6 Å². The number of piperazine rings is 1. The molecular weight excluding hydrogens is 394 g/mol. The molecule has 0 aliphatic carbocycles. The molecule has 2 aliphatic heterocycles. The first kappa shape index (κ1) is 19.6. The average molecular weight is 418 g/mol. The highest BCUT2D eigenvalue weighted by Crippen LogP contribution is 2.30. The number of rotatable bonds is 4. The van der Waals surface area contributed by atoms with Gasteiger partial charge in [-0.25, -0.2) is 4.90 Å². The van der Waals surface area contributed by atoms with Gasteiger partial charge in [-0.05, 0) is 37.6 Å². The fourth-order valence-electron chi connectivity index (χ4n) is 4.10. The summed E-state index contributed by atoms with van der Waals surface area (Å²) in [4.78, 5) is 32.9. The summed E-state index contributed by atoms with van der Waals surface area (Å²) in [6, 6.07) is 9.51. The third kappa shape index (κ3) is 3.87. The molecule has 4 rings (SSSR count). The van der Waals surface area contributed by atoms with Crippen molar-refractivity contribution in [3.8, 4) is 0 Å². The van der Waals surface area contributed by atoms with E-state index in [-0.39, 0.29) is 24.3 Å². The average Bonchev–Trinajstić information content (AvgIpc) is 3.19. The van der Waals surface area contributed by atoms with Gasteiger partial charge in [-0.15, -0.1) is 11.3 Å². The van der Waals surface area contributed by atoms with Gasteiger partial charge >= 0.3 is 0 Å². The molecule has 3 heterocycles. The molecule has 1 unspecified atom stereocenters. The van der Waals surface area contributed by atoms with Crippen LogP contribution in [0.2, 0.25) is 4.34 Å². The van der Waals surface area contributed by atoms with E-state index < -0.39 is 0 Å². The predicted molar refractivity (Wildman–Crippen MR) is 113 cm³/mol. The topological polar surface area (TPSA) is 43.9 Å². The molecule has 7 heteroatoms. The van der Waals surface area contributed by atoms with Gasteiger partial charge in [-0.3, -0.25) is 19.4 Å². The van der Waals surface area contributed by atoms with Gasteiger partial charge in [-0.1, -0.05) is 29.3 Å². The Morgan fingerprint density at radius 2 is 1.82 bits per heavy atom. The minimum atomic E-state index is -0.341. The Hall–Kier alpha value is -1.73. The number of hydrogen-bond acceptors (Lipinski definition) is 5. The number of carbonyl (C=O) groups excluding carboxylic acids is 2. The zero-order valence-corrected chi connectivity index (χ0v) is 17.7. The Morgan fingerprint density at radius 1 is 1.07 bits per heavy atom. The highest BCUT2D eigenvalue weighted by Gasteiger charge is 2.43. The zero-order valence-electron chi connectivity index (χ0n) is 16.2. The molecule has 2 aliphatic rings. The first-order chi connectivity index (χ1) is 13.4. The predicted octanol–water partition coefficient (Wildman–Crippen LogP) is 3.47. The van der Waals surface area contributed by atoms with Crippen LogP contribution in [0, 0.1) is 13.8 Å². The van der Waals surface area contributed by atoms with Gasteiger partial charge in [0.2, 0.25) is 5.91 Å². The van der Waals surface area contributed by atoms with Crippen molar-refractivity contribution in [1.29, 1.82) is 0 Å². The van der Waals surface area contributed by atoms with Crippen LogP contribution in [0.1, 0.15) is 22.4 Å². The van der Waals surface area contributed by atoms with Crippen molar-refractivity contribution in [1.82, 2.24) is 9.80 Å². The Kier molecular flexibility index (Phi) is 5.56. The van der Waals surface area contributed by atoms with E-state index in [1.165, 1.54) is 9.78 Å². The summed E-state index contributed by atoms with van der Waals surface area (Å²) in [7, 11) is 0. The summed E-state index contributed by atoms with van der Waals surface area (Å²) in [5.74, 6) is -0.187. The molecule has 2 aromatic rings. The first-order valence-electron chi connectivity index (χ1n) is 9.57. The normalized spacial score (nSPS) is 21.7. The van der Waals surface area contributed by atoms with Crippen LogP contribution in [-0.4, -0.2) is 53.8 Å². The van der Waals surface area contributed by atoms with Crippen molar-refractivity contribution in [3.63, 3.8) is 0 Å². The largest absolute Gasteiger partial charge is 0.296 e. The molecule has 2 saturated heterocycles. The smallest absolute Gasteiger partial charge is 0.251 e. The van der Waals surface area contributed by atoms with Gasteiger partial charge in [0.05, 0.1) is 22.5 Å². The summed E-state index contributed by atoms with van der Waals surface area (Å²) < 4.78 is 0.815. The molecule has 0 radical (unpaired) electrons. The van der Waals surface area contributed by atoms with E-state index in [0.717, 1.165) is 53.9 Å². The van der Waals surface area contributed by atoms with E-state index in [1.54, 1.807) is 11.3 Å². The molecule has 1 aromatic carbocycles. The lowest BCUT2D eigenvalue weighted by Gasteiger charge is -2.36. The maximum absolute atomic E-state index is 13.1. The molecule has 1 aromatic heterocycles. The van der Waals surface area contributed by atoms with Gasteiger partial charge in [-0.2, -0.15) is 0 Å². The number of carbonyl (C=O) groups is 2. The van der Waals surface area contributed by atoms with Gasteiger partial charge in [0.1, 0.15) is 0 Å². The highest BCUT2D eigenvalue weighted by atomic mass is 35.5. The van der Waals surface area contributed by atoms with Crippen molar-refractivity contribution in [2.75, 3.05) is 31.1 Å². The number of halogens is 1. The third-order valence-corrected chi connectivity index (χ3v) is 6.79. The summed E-state index contributed by atoms with van der Waals surface area (Å²) in [5, 5.41) is 0. The van der Waals surface area contributed by atoms with Gasteiger partial charge in [0.25, 0.3) is 5.91 Å². The number of benzene rings is 1. The molecule has 2 amide bonds. The van der Waals surface area contributed by atoms with E-state index >= 15 is 0 Å². The second-order valence-electron chi connectivity index (χ2n) is 7.60. The molecule has 2 fully saturated rings. The molecule has 5 nitrogen and oxygen atoms in total. The fourth-order valence-corrected chi connectivity index (χ4v) is 5.23. The Morgan fingerprint density at radius 3 is 2.46 bits per heavy atom. The zero-order chi connectivity index (χ0) is 19.8. The summed E-state index contributed by atoms with van der Waals surface area (Å²) >= 11 is 7.63. The molecule has 1 atom stereocenters. The monoisotopic (exact) mass is 417 g/mol. The summed E-state index contributed by atoms with van der Waals surface area (Å²) in [6.45, 7) is 8.21. The number of thiophene rings is 1. The maximum atomic E-state index is 13.1. The van der Waals surface area contributed by atoms with Crippen LogP contribution in [0.25, 0.3) is 0 Å². The summed E-state index contributed by atoms with van der Waals surface area (Å²) in [5.41, 5.74) is 2.80. The molecule has 28 heavy (non-hydrogen) atoms. The van der Waals surface area contributed by atoms with E-state index in [0.29, 0.717) is 0 Å². The number of nitrogens with zero attached hydrogens (tertiary/aromatic N) is 3. The van der Waals surface area contributed by atoms with Gasteiger partial charge < -0.3 is 0 Å². The van der Waals surface area contributed by atoms with Crippen LogP contribution in [0.15, 0.2) is 30.3 Å². The van der Waals surface area contributed by atoms with Crippen LogP contribution in [0.3, 0.4) is 0 Å². The molecule has 0 bridgehead atoms. The lowest BCUT2D eigenvalue weighted by molar-refractivity contribution is -0.123. The quantitative estimate of drug-likeness (QED) is 0.714. The Labute approximate surface area is 174 Å². The maximum Gasteiger partial charge on any atom is 0.251 e. The fraction of sp³-hybridized carbons (Fsp3) is 0.429. The van der Waals surface area contributed by atoms with Gasteiger partial charge in [0.15, 0.2) is 0 Å². The van der Waals surface area contributed by atoms with Crippen molar-refractivity contribution < 1.29 is 9.59 Å². The van der Waals surface area contributed by atoms with Crippen LogP contribution < -0.4 is 4.90 Å². The standard InChI is InChI=1S/C21H24ClN3O2S/c1-14-3-5-17(15(2)11-14)25-20(26)12-18(21(25)27)24-9-7-23(8-10-24)13-16-4-6-19(22)28-16/h3-6,11,18H,7-10,12-13H2,1-2H3. The lowest BCUT2D eigenvalue weighted by Crippen LogP contribution is -2.52. The molecule has 0 saturated carbocycles. The Bertz CT molecular complexity index is 905. The number of aryl methyl sites for hydroxylation is 2. The Balaban J connectivity index is 1.40. The van der Waals surface area contributed by atoms with E-state index in [1.807, 2.05) is 38.1 Å². The number of anilines is 1. The van der Waals surface area contributed by atoms with E-state index in [4.69, 9.17) is 11.6 Å². The van der Waals surface area contributed by atoms with Crippen LogP contribution in [-0.2, 0) is 16.1 Å². The molecule has 0 N–H and O–H groups in total.